The lowest BCUT2D eigenvalue weighted by Crippen LogP contribution is -2.22. The highest BCUT2D eigenvalue weighted by molar-refractivity contribution is 6.04. The lowest BCUT2D eigenvalue weighted by Gasteiger charge is -2.13. The Bertz CT molecular complexity index is 449. The molecule has 1 aliphatic carbocycles. The van der Waals surface area contributed by atoms with Crippen molar-refractivity contribution in [1.82, 2.24) is 0 Å². The first-order valence-corrected chi connectivity index (χ1v) is 6.00. The van der Waals surface area contributed by atoms with E-state index in [1.165, 1.54) is 6.92 Å². The fourth-order valence-electron chi connectivity index (χ4n) is 1.96. The van der Waals surface area contributed by atoms with Crippen LogP contribution in [-0.2, 0) is 4.79 Å². The van der Waals surface area contributed by atoms with Crippen molar-refractivity contribution in [3.63, 3.8) is 0 Å². The molecule has 1 amide bonds. The molecular weight excluding hydrogens is 214 g/mol. The molecule has 0 saturated heterocycles. The second kappa shape index (κ2) is 4.70. The Hall–Kier alpha value is -1.64. The summed E-state index contributed by atoms with van der Waals surface area (Å²) in [6.45, 7) is 3.46. The van der Waals surface area contributed by atoms with Crippen LogP contribution >= 0.6 is 0 Å². The van der Waals surface area contributed by atoms with E-state index < -0.39 is 0 Å². The summed E-state index contributed by atoms with van der Waals surface area (Å²) in [5.41, 5.74) is 1.20. The number of hydrogen-bond acceptors (Lipinski definition) is 2. The number of carbonyl (C=O) groups is 2. The predicted molar refractivity (Wildman–Crippen MR) is 67.0 cm³/mol. The Kier molecular flexibility index (Phi) is 3.27. The fraction of sp³-hybridized carbons (Fsp3) is 0.429. The fourth-order valence-corrected chi connectivity index (χ4v) is 1.96. The van der Waals surface area contributed by atoms with Gasteiger partial charge in [0.25, 0.3) is 0 Å². The van der Waals surface area contributed by atoms with Crippen LogP contribution < -0.4 is 5.32 Å². The summed E-state index contributed by atoms with van der Waals surface area (Å²) in [6.07, 6.45) is 2.28. The van der Waals surface area contributed by atoms with E-state index in [-0.39, 0.29) is 17.6 Å². The summed E-state index contributed by atoms with van der Waals surface area (Å²) in [4.78, 5) is 23.4. The highest BCUT2D eigenvalue weighted by Crippen LogP contribution is 2.37. The molecule has 0 bridgehead atoms. The Morgan fingerprint density at radius 3 is 2.53 bits per heavy atom. The normalized spacial score (nSPS) is 16.4. The molecule has 1 unspecified atom stereocenters. The molecule has 1 saturated carbocycles. The smallest absolute Gasteiger partial charge is 0.227 e. The van der Waals surface area contributed by atoms with Crippen LogP contribution in [0.5, 0.6) is 0 Å². The van der Waals surface area contributed by atoms with Gasteiger partial charge in [-0.1, -0.05) is 19.1 Å². The third-order valence-electron chi connectivity index (χ3n) is 3.31. The summed E-state index contributed by atoms with van der Waals surface area (Å²) < 4.78 is 0. The lowest BCUT2D eigenvalue weighted by molar-refractivity contribution is -0.119. The van der Waals surface area contributed by atoms with E-state index >= 15 is 0 Å². The minimum absolute atomic E-state index is 0.0150. The Morgan fingerprint density at radius 2 is 1.94 bits per heavy atom. The zero-order chi connectivity index (χ0) is 12.4. The van der Waals surface area contributed by atoms with E-state index in [2.05, 4.69) is 5.32 Å². The number of nitrogens with one attached hydrogen (secondary N) is 1. The van der Waals surface area contributed by atoms with Crippen LogP contribution in [0.3, 0.4) is 0 Å². The molecule has 1 atom stereocenters. The average Bonchev–Trinajstić information content (AvgIpc) is 3.12. The zero-order valence-corrected chi connectivity index (χ0v) is 10.2. The molecule has 1 aromatic carbocycles. The molecule has 0 aromatic heterocycles. The molecule has 0 aliphatic heterocycles. The van der Waals surface area contributed by atoms with Crippen molar-refractivity contribution in [1.29, 1.82) is 0 Å². The molecular formula is C14H17NO2. The number of ketones is 1. The standard InChI is InChI=1S/C14H17NO2/c1-9(11-7-8-11)14(17)15-13-6-4-3-5-12(13)10(2)16/h3-6,9,11H,7-8H2,1-2H3,(H,15,17). The van der Waals surface area contributed by atoms with Crippen molar-refractivity contribution in [3.8, 4) is 0 Å². The van der Waals surface area contributed by atoms with E-state index in [9.17, 15) is 9.59 Å². The van der Waals surface area contributed by atoms with E-state index in [1.54, 1.807) is 18.2 Å². The van der Waals surface area contributed by atoms with Crippen LogP contribution in [0.2, 0.25) is 0 Å². The quantitative estimate of drug-likeness (QED) is 0.810. The van der Waals surface area contributed by atoms with Gasteiger partial charge in [0.1, 0.15) is 0 Å². The number of anilines is 1. The average molecular weight is 231 g/mol. The number of Topliss-reactive ketones (excluding diaryl/α,β-unsaturated/α-hetero) is 1. The maximum Gasteiger partial charge on any atom is 0.227 e. The summed E-state index contributed by atoms with van der Waals surface area (Å²) in [5, 5.41) is 2.85. The summed E-state index contributed by atoms with van der Waals surface area (Å²) in [7, 11) is 0. The minimum Gasteiger partial charge on any atom is -0.325 e. The van der Waals surface area contributed by atoms with Gasteiger partial charge in [0, 0.05) is 11.5 Å². The highest BCUT2D eigenvalue weighted by Gasteiger charge is 2.32. The van der Waals surface area contributed by atoms with E-state index in [1.807, 2.05) is 13.0 Å². The third-order valence-corrected chi connectivity index (χ3v) is 3.31. The Labute approximate surface area is 101 Å². The largest absolute Gasteiger partial charge is 0.325 e. The Morgan fingerprint density at radius 1 is 1.29 bits per heavy atom. The SMILES string of the molecule is CC(=O)c1ccccc1NC(=O)C(C)C1CC1. The van der Waals surface area contributed by atoms with Crippen molar-refractivity contribution >= 4 is 17.4 Å². The molecule has 17 heavy (non-hydrogen) atoms. The number of rotatable bonds is 4. The van der Waals surface area contributed by atoms with E-state index in [4.69, 9.17) is 0 Å². The molecule has 1 aromatic rings. The second-order valence-electron chi connectivity index (χ2n) is 4.72. The van der Waals surface area contributed by atoms with Crippen molar-refractivity contribution in [2.24, 2.45) is 11.8 Å². The first-order chi connectivity index (χ1) is 8.09. The summed E-state index contributed by atoms with van der Waals surface area (Å²) in [6, 6.07) is 7.13. The molecule has 1 aliphatic rings. The number of hydrogen-bond donors (Lipinski definition) is 1. The molecule has 0 heterocycles. The van der Waals surface area contributed by atoms with Crippen molar-refractivity contribution in [2.45, 2.75) is 26.7 Å². The minimum atomic E-state index is -0.0278. The molecule has 3 nitrogen and oxygen atoms in total. The predicted octanol–water partition coefficient (Wildman–Crippen LogP) is 2.87. The molecule has 2 rings (SSSR count). The van der Waals surface area contributed by atoms with Gasteiger partial charge < -0.3 is 5.32 Å². The first kappa shape index (κ1) is 11.8. The van der Waals surface area contributed by atoms with Gasteiger partial charge in [-0.3, -0.25) is 9.59 Å². The number of benzene rings is 1. The van der Waals surface area contributed by atoms with Gasteiger partial charge in [0.15, 0.2) is 5.78 Å². The highest BCUT2D eigenvalue weighted by atomic mass is 16.2. The van der Waals surface area contributed by atoms with Gasteiger partial charge in [-0.05, 0) is 37.8 Å². The molecule has 0 radical (unpaired) electrons. The van der Waals surface area contributed by atoms with Crippen LogP contribution in [0.25, 0.3) is 0 Å². The van der Waals surface area contributed by atoms with Crippen molar-refractivity contribution in [3.05, 3.63) is 29.8 Å². The van der Waals surface area contributed by atoms with E-state index in [0.717, 1.165) is 12.8 Å². The monoisotopic (exact) mass is 231 g/mol. The van der Waals surface area contributed by atoms with Crippen LogP contribution in [0.4, 0.5) is 5.69 Å². The van der Waals surface area contributed by atoms with Gasteiger partial charge in [0.05, 0.1) is 5.69 Å². The van der Waals surface area contributed by atoms with Gasteiger partial charge in [-0.15, -0.1) is 0 Å². The number of carbonyl (C=O) groups excluding carboxylic acids is 2. The third kappa shape index (κ3) is 2.73. The van der Waals surface area contributed by atoms with Crippen LogP contribution in [0.15, 0.2) is 24.3 Å². The van der Waals surface area contributed by atoms with Crippen LogP contribution in [-0.4, -0.2) is 11.7 Å². The van der Waals surface area contributed by atoms with Crippen molar-refractivity contribution < 1.29 is 9.59 Å². The molecule has 0 spiro atoms. The molecule has 1 fully saturated rings. The van der Waals surface area contributed by atoms with Gasteiger partial charge >= 0.3 is 0 Å². The second-order valence-corrected chi connectivity index (χ2v) is 4.72. The topological polar surface area (TPSA) is 46.2 Å². The van der Waals surface area contributed by atoms with E-state index in [0.29, 0.717) is 17.2 Å². The zero-order valence-electron chi connectivity index (χ0n) is 10.2. The van der Waals surface area contributed by atoms with Gasteiger partial charge in [-0.25, -0.2) is 0 Å². The maximum atomic E-state index is 11.9. The summed E-state index contributed by atoms with van der Waals surface area (Å²) >= 11 is 0. The maximum absolute atomic E-state index is 11.9. The molecule has 90 valence electrons. The molecule has 3 heteroatoms. The summed E-state index contributed by atoms with van der Waals surface area (Å²) in [5.74, 6) is 0.552. The molecule has 1 N–H and O–H groups in total. The number of para-hydroxylation sites is 1. The number of amides is 1. The van der Waals surface area contributed by atoms with Crippen LogP contribution in [0.1, 0.15) is 37.0 Å². The first-order valence-electron chi connectivity index (χ1n) is 6.00. The van der Waals surface area contributed by atoms with Gasteiger partial charge in [-0.2, -0.15) is 0 Å². The Balaban J connectivity index is 2.12. The lowest BCUT2D eigenvalue weighted by atomic mass is 10.0. The van der Waals surface area contributed by atoms with Crippen LogP contribution in [0, 0.1) is 11.8 Å². The van der Waals surface area contributed by atoms with Gasteiger partial charge in [0.2, 0.25) is 5.91 Å². The van der Waals surface area contributed by atoms with Crippen molar-refractivity contribution in [2.75, 3.05) is 5.32 Å².